The zero-order chi connectivity index (χ0) is 17.0. The van der Waals surface area contributed by atoms with Crippen LogP contribution in [0.5, 0.6) is 0 Å². The van der Waals surface area contributed by atoms with Crippen molar-refractivity contribution in [1.82, 2.24) is 20.4 Å². The number of aromatic nitrogens is 2. The number of sulfone groups is 1. The molecule has 0 spiro atoms. The van der Waals surface area contributed by atoms with Gasteiger partial charge in [-0.1, -0.05) is 12.1 Å². The van der Waals surface area contributed by atoms with Crippen LogP contribution in [-0.4, -0.2) is 42.3 Å². The van der Waals surface area contributed by atoms with Gasteiger partial charge in [-0.2, -0.15) is 5.10 Å². The van der Waals surface area contributed by atoms with Crippen LogP contribution in [0.1, 0.15) is 12.0 Å². The van der Waals surface area contributed by atoms with E-state index in [-0.39, 0.29) is 23.5 Å². The molecule has 8 heteroatoms. The van der Waals surface area contributed by atoms with Gasteiger partial charge >= 0.3 is 6.03 Å². The van der Waals surface area contributed by atoms with Crippen LogP contribution in [0, 0.1) is 5.92 Å². The molecule has 128 valence electrons. The Bertz CT molecular complexity index is 785. The van der Waals surface area contributed by atoms with E-state index < -0.39 is 9.84 Å². The molecule has 3 rings (SSSR count). The number of hydrogen-bond donors (Lipinski definition) is 2. The van der Waals surface area contributed by atoms with Crippen molar-refractivity contribution in [3.63, 3.8) is 0 Å². The molecule has 0 bridgehead atoms. The largest absolute Gasteiger partial charge is 0.338 e. The van der Waals surface area contributed by atoms with Crippen LogP contribution in [0.4, 0.5) is 4.79 Å². The fraction of sp³-hybridized carbons (Fsp3) is 0.375. The highest BCUT2D eigenvalue weighted by molar-refractivity contribution is 7.91. The minimum Gasteiger partial charge on any atom is -0.338 e. The Kier molecular flexibility index (Phi) is 4.84. The molecule has 1 atom stereocenters. The maximum atomic E-state index is 11.8. The molecule has 24 heavy (non-hydrogen) atoms. The van der Waals surface area contributed by atoms with Crippen molar-refractivity contribution >= 4 is 15.9 Å². The molecule has 1 aliphatic rings. The highest BCUT2D eigenvalue weighted by Crippen LogP contribution is 2.17. The second-order valence-electron chi connectivity index (χ2n) is 5.95. The van der Waals surface area contributed by atoms with Crippen molar-refractivity contribution in [3.8, 4) is 5.69 Å². The number of urea groups is 1. The van der Waals surface area contributed by atoms with Gasteiger partial charge in [-0.25, -0.2) is 17.9 Å². The zero-order valence-electron chi connectivity index (χ0n) is 13.2. The summed E-state index contributed by atoms with van der Waals surface area (Å²) in [5, 5.41) is 9.67. The zero-order valence-corrected chi connectivity index (χ0v) is 14.0. The molecule has 0 aliphatic carbocycles. The standard InChI is InChI=1S/C16H20N4O3S/c21-16(18-11-14-6-9-24(22,23)12-14)17-10-13-2-4-15(5-3-13)20-8-1-7-19-20/h1-5,7-8,14H,6,9-12H2,(H2,17,18,21)/t14-/m1/s1. The molecule has 0 saturated carbocycles. The molecule has 1 aromatic carbocycles. The first-order valence-electron chi connectivity index (χ1n) is 7.83. The second kappa shape index (κ2) is 7.04. The number of carbonyl (C=O) groups is 1. The van der Waals surface area contributed by atoms with E-state index in [4.69, 9.17) is 0 Å². The van der Waals surface area contributed by atoms with E-state index in [1.165, 1.54) is 0 Å². The average Bonchev–Trinajstić information content (AvgIpc) is 3.21. The summed E-state index contributed by atoms with van der Waals surface area (Å²) in [6.45, 7) is 0.803. The number of carbonyl (C=O) groups excluding carboxylic acids is 1. The molecule has 2 amide bonds. The molecule has 1 aliphatic heterocycles. The first-order chi connectivity index (χ1) is 11.5. The van der Waals surface area contributed by atoms with Gasteiger partial charge in [0.15, 0.2) is 9.84 Å². The molecule has 1 aromatic heterocycles. The van der Waals surface area contributed by atoms with E-state index in [0.717, 1.165) is 11.3 Å². The summed E-state index contributed by atoms with van der Waals surface area (Å²) in [6.07, 6.45) is 4.21. The SMILES string of the molecule is O=C(NCc1ccc(-n2cccn2)cc1)NC[C@H]1CCS(=O)(=O)C1. The van der Waals surface area contributed by atoms with Gasteiger partial charge in [0.1, 0.15) is 0 Å². The molecule has 1 fully saturated rings. The first kappa shape index (κ1) is 16.5. The Morgan fingerprint density at radius 2 is 2.04 bits per heavy atom. The molecule has 2 N–H and O–H groups in total. The third-order valence-corrected chi connectivity index (χ3v) is 5.87. The molecular formula is C16H20N4O3S. The lowest BCUT2D eigenvalue weighted by Gasteiger charge is -2.11. The Hall–Kier alpha value is -2.35. The van der Waals surface area contributed by atoms with Gasteiger partial charge in [0.25, 0.3) is 0 Å². The quantitative estimate of drug-likeness (QED) is 0.846. The Morgan fingerprint density at radius 1 is 1.25 bits per heavy atom. The van der Waals surface area contributed by atoms with E-state index in [0.29, 0.717) is 19.5 Å². The van der Waals surface area contributed by atoms with Gasteiger partial charge in [-0.05, 0) is 36.1 Å². The summed E-state index contributed by atoms with van der Waals surface area (Å²) in [6, 6.07) is 9.31. The normalized spacial score (nSPS) is 19.1. The van der Waals surface area contributed by atoms with E-state index in [9.17, 15) is 13.2 Å². The van der Waals surface area contributed by atoms with Crippen LogP contribution in [0.3, 0.4) is 0 Å². The monoisotopic (exact) mass is 348 g/mol. The average molecular weight is 348 g/mol. The number of nitrogens with one attached hydrogen (secondary N) is 2. The highest BCUT2D eigenvalue weighted by Gasteiger charge is 2.27. The van der Waals surface area contributed by atoms with Crippen LogP contribution >= 0.6 is 0 Å². The van der Waals surface area contributed by atoms with Crippen molar-refractivity contribution in [1.29, 1.82) is 0 Å². The van der Waals surface area contributed by atoms with Gasteiger partial charge in [0, 0.05) is 25.5 Å². The molecule has 0 unspecified atom stereocenters. The van der Waals surface area contributed by atoms with Gasteiger partial charge in [0.2, 0.25) is 0 Å². The first-order valence-corrected chi connectivity index (χ1v) is 9.65. The molecular weight excluding hydrogens is 328 g/mol. The fourth-order valence-corrected chi connectivity index (χ4v) is 4.56. The van der Waals surface area contributed by atoms with Crippen LogP contribution in [0.25, 0.3) is 5.69 Å². The lowest BCUT2D eigenvalue weighted by atomic mass is 10.1. The summed E-state index contributed by atoms with van der Waals surface area (Å²) < 4.78 is 24.5. The molecule has 2 aromatic rings. The third kappa shape index (κ3) is 4.35. The predicted molar refractivity (Wildman–Crippen MR) is 90.6 cm³/mol. The summed E-state index contributed by atoms with van der Waals surface area (Å²) >= 11 is 0. The summed E-state index contributed by atoms with van der Waals surface area (Å²) in [5.74, 6) is 0.417. The van der Waals surface area contributed by atoms with Crippen molar-refractivity contribution in [3.05, 3.63) is 48.3 Å². The number of hydrogen-bond acceptors (Lipinski definition) is 4. The Labute approximate surface area is 141 Å². The van der Waals surface area contributed by atoms with Crippen LogP contribution in [0.15, 0.2) is 42.7 Å². The fourth-order valence-electron chi connectivity index (χ4n) is 2.70. The van der Waals surface area contributed by atoms with Crippen LogP contribution in [-0.2, 0) is 16.4 Å². The van der Waals surface area contributed by atoms with E-state index in [1.807, 2.05) is 36.5 Å². The van der Waals surface area contributed by atoms with Crippen molar-refractivity contribution < 1.29 is 13.2 Å². The van der Waals surface area contributed by atoms with Crippen molar-refractivity contribution in [2.45, 2.75) is 13.0 Å². The minimum atomic E-state index is -2.90. The highest BCUT2D eigenvalue weighted by atomic mass is 32.2. The predicted octanol–water partition coefficient (Wildman–Crippen LogP) is 1.11. The second-order valence-corrected chi connectivity index (χ2v) is 8.18. The smallest absolute Gasteiger partial charge is 0.315 e. The van der Waals surface area contributed by atoms with Crippen molar-refractivity contribution in [2.75, 3.05) is 18.1 Å². The maximum Gasteiger partial charge on any atom is 0.315 e. The van der Waals surface area contributed by atoms with Crippen LogP contribution < -0.4 is 10.6 Å². The van der Waals surface area contributed by atoms with Gasteiger partial charge < -0.3 is 10.6 Å². The Balaban J connectivity index is 1.43. The van der Waals surface area contributed by atoms with E-state index >= 15 is 0 Å². The number of benzene rings is 1. The lowest BCUT2D eigenvalue weighted by Crippen LogP contribution is -2.38. The number of rotatable bonds is 5. The maximum absolute atomic E-state index is 11.8. The van der Waals surface area contributed by atoms with Crippen molar-refractivity contribution in [2.24, 2.45) is 5.92 Å². The Morgan fingerprint density at radius 3 is 2.67 bits per heavy atom. The van der Waals surface area contributed by atoms with E-state index in [2.05, 4.69) is 15.7 Å². The van der Waals surface area contributed by atoms with Gasteiger partial charge in [-0.15, -0.1) is 0 Å². The summed E-state index contributed by atoms with van der Waals surface area (Å²) in [5.41, 5.74) is 1.93. The van der Waals surface area contributed by atoms with Gasteiger partial charge in [0.05, 0.1) is 17.2 Å². The summed E-state index contributed by atoms with van der Waals surface area (Å²) in [4.78, 5) is 11.8. The number of nitrogens with zero attached hydrogens (tertiary/aromatic N) is 2. The molecule has 1 saturated heterocycles. The third-order valence-electron chi connectivity index (χ3n) is 4.04. The molecule has 2 heterocycles. The van der Waals surface area contributed by atoms with Gasteiger partial charge in [-0.3, -0.25) is 0 Å². The lowest BCUT2D eigenvalue weighted by molar-refractivity contribution is 0.239. The van der Waals surface area contributed by atoms with E-state index in [1.54, 1.807) is 10.9 Å². The topological polar surface area (TPSA) is 93.1 Å². The minimum absolute atomic E-state index is 0.0223. The summed E-state index contributed by atoms with van der Waals surface area (Å²) in [7, 11) is -2.90. The number of amides is 2. The molecule has 7 nitrogen and oxygen atoms in total. The molecule has 0 radical (unpaired) electrons. The van der Waals surface area contributed by atoms with Crippen LogP contribution in [0.2, 0.25) is 0 Å².